The van der Waals surface area contributed by atoms with Gasteiger partial charge in [-0.05, 0) is 24.3 Å². The molecule has 0 aliphatic carbocycles. The van der Waals surface area contributed by atoms with Crippen LogP contribution in [0.15, 0.2) is 41.3 Å². The molecule has 0 bridgehead atoms. The molecule has 1 aliphatic rings. The normalized spacial score (nSPS) is 14.3. The van der Waals surface area contributed by atoms with Crippen LogP contribution in [0, 0.1) is 5.82 Å². The van der Waals surface area contributed by atoms with E-state index in [1.807, 2.05) is 0 Å². The van der Waals surface area contributed by atoms with E-state index in [4.69, 9.17) is 21.1 Å². The topological polar surface area (TPSA) is 55.8 Å². The van der Waals surface area contributed by atoms with E-state index < -0.39 is 15.8 Å². The van der Waals surface area contributed by atoms with Gasteiger partial charge in [0, 0.05) is 24.7 Å². The first-order valence-corrected chi connectivity index (χ1v) is 8.94. The van der Waals surface area contributed by atoms with Crippen LogP contribution in [0.4, 0.5) is 4.39 Å². The summed E-state index contributed by atoms with van der Waals surface area (Å²) < 4.78 is 50.8. The van der Waals surface area contributed by atoms with E-state index >= 15 is 0 Å². The Hall–Kier alpha value is -1.67. The van der Waals surface area contributed by atoms with Gasteiger partial charge in [0.25, 0.3) is 0 Å². The minimum absolute atomic E-state index is 0.00342. The van der Waals surface area contributed by atoms with Gasteiger partial charge >= 0.3 is 0 Å². The Morgan fingerprint density at radius 1 is 1.29 bits per heavy atom. The maximum atomic E-state index is 13.8. The number of ether oxygens (including phenoxy) is 2. The third-order valence-electron chi connectivity index (χ3n) is 3.67. The minimum Gasteiger partial charge on any atom is -0.467 e. The Kier molecular flexibility index (Phi) is 4.78. The molecule has 1 aliphatic heterocycles. The Labute approximate surface area is 144 Å². The van der Waals surface area contributed by atoms with Crippen molar-refractivity contribution in [1.29, 1.82) is 0 Å². The van der Waals surface area contributed by atoms with Crippen molar-refractivity contribution in [2.75, 3.05) is 13.8 Å². The molecule has 2 aromatic carbocycles. The monoisotopic (exact) mass is 371 g/mol. The second kappa shape index (κ2) is 6.68. The van der Waals surface area contributed by atoms with E-state index in [0.717, 1.165) is 4.31 Å². The highest BCUT2D eigenvalue weighted by Crippen LogP contribution is 2.32. The fourth-order valence-corrected chi connectivity index (χ4v) is 4.16. The number of nitrogens with zero attached hydrogens (tertiary/aromatic N) is 1. The quantitative estimate of drug-likeness (QED) is 0.828. The molecule has 128 valence electrons. The van der Waals surface area contributed by atoms with Gasteiger partial charge in [-0.3, -0.25) is 0 Å². The predicted octanol–water partition coefficient (Wildman–Crippen LogP) is 3.17. The fraction of sp³-hybridized carbons (Fsp3) is 0.250. The second-order valence-electron chi connectivity index (χ2n) is 5.36. The lowest BCUT2D eigenvalue weighted by atomic mass is 10.1. The molecule has 1 heterocycles. The molecule has 0 saturated carbocycles. The van der Waals surface area contributed by atoms with Crippen molar-refractivity contribution in [2.45, 2.75) is 18.0 Å². The summed E-state index contributed by atoms with van der Waals surface area (Å²) in [7, 11) is -2.40. The van der Waals surface area contributed by atoms with Gasteiger partial charge in [-0.1, -0.05) is 23.7 Å². The van der Waals surface area contributed by atoms with Gasteiger partial charge in [0.15, 0.2) is 6.79 Å². The lowest BCUT2D eigenvalue weighted by Gasteiger charge is -2.24. The van der Waals surface area contributed by atoms with Crippen LogP contribution in [0.2, 0.25) is 5.02 Å². The van der Waals surface area contributed by atoms with E-state index in [0.29, 0.717) is 16.9 Å². The Morgan fingerprint density at radius 2 is 2.04 bits per heavy atom. The first-order valence-electron chi connectivity index (χ1n) is 7.12. The first kappa shape index (κ1) is 17.2. The van der Waals surface area contributed by atoms with E-state index in [2.05, 4.69) is 0 Å². The van der Waals surface area contributed by atoms with Crippen LogP contribution >= 0.6 is 11.6 Å². The number of rotatable bonds is 4. The maximum Gasteiger partial charge on any atom is 0.244 e. The van der Waals surface area contributed by atoms with E-state index in [1.165, 1.54) is 31.3 Å². The van der Waals surface area contributed by atoms with Crippen molar-refractivity contribution >= 4 is 21.6 Å². The van der Waals surface area contributed by atoms with E-state index in [-0.39, 0.29) is 29.9 Å². The average molecular weight is 372 g/mol. The number of hydrogen-bond donors (Lipinski definition) is 0. The highest BCUT2D eigenvalue weighted by molar-refractivity contribution is 7.89. The summed E-state index contributed by atoms with van der Waals surface area (Å²) in [6.07, 6.45) is 0. The van der Waals surface area contributed by atoms with Crippen molar-refractivity contribution in [3.8, 4) is 5.75 Å². The number of halogens is 2. The van der Waals surface area contributed by atoms with Crippen molar-refractivity contribution in [1.82, 2.24) is 4.31 Å². The van der Waals surface area contributed by atoms with Crippen LogP contribution in [-0.2, 0) is 27.9 Å². The minimum atomic E-state index is -3.82. The number of hydrogen-bond acceptors (Lipinski definition) is 4. The Balaban J connectivity index is 1.94. The van der Waals surface area contributed by atoms with E-state index in [9.17, 15) is 12.8 Å². The molecular formula is C16H15ClFNO4S. The Morgan fingerprint density at radius 3 is 2.79 bits per heavy atom. The zero-order valence-corrected chi connectivity index (χ0v) is 14.4. The van der Waals surface area contributed by atoms with Crippen molar-refractivity contribution in [3.63, 3.8) is 0 Å². The molecule has 0 radical (unpaired) electrons. The molecule has 2 aromatic rings. The van der Waals surface area contributed by atoms with Gasteiger partial charge in [-0.25, -0.2) is 12.8 Å². The van der Waals surface area contributed by atoms with Crippen molar-refractivity contribution < 1.29 is 22.3 Å². The summed E-state index contributed by atoms with van der Waals surface area (Å²) in [5, 5.41) is 0.135. The van der Waals surface area contributed by atoms with Crippen LogP contribution in [-0.4, -0.2) is 26.6 Å². The molecule has 0 saturated heterocycles. The standard InChI is InChI=1S/C16H15ClFNO4S/c1-19(24(20,21)15-5-3-2-4-14(15)17)8-11-6-13(18)7-12-9-22-10-23-16(11)12/h2-7H,8-10H2,1H3. The largest absolute Gasteiger partial charge is 0.467 e. The number of sulfonamides is 1. The second-order valence-corrected chi connectivity index (χ2v) is 7.78. The Bertz CT molecular complexity index is 872. The van der Waals surface area contributed by atoms with E-state index in [1.54, 1.807) is 12.1 Å². The molecular weight excluding hydrogens is 357 g/mol. The molecule has 0 amide bonds. The predicted molar refractivity (Wildman–Crippen MR) is 86.8 cm³/mol. The third-order valence-corrected chi connectivity index (χ3v) is 5.97. The summed E-state index contributed by atoms with van der Waals surface area (Å²) in [6, 6.07) is 8.77. The maximum absolute atomic E-state index is 13.8. The molecule has 3 rings (SSSR count). The van der Waals surface area contributed by atoms with Crippen LogP contribution in [0.5, 0.6) is 5.75 Å². The zero-order valence-electron chi connectivity index (χ0n) is 12.8. The van der Waals surface area contributed by atoms with Crippen LogP contribution in [0.25, 0.3) is 0 Å². The van der Waals surface area contributed by atoms with Gasteiger partial charge in [0.05, 0.1) is 11.6 Å². The van der Waals surface area contributed by atoms with Crippen LogP contribution in [0.1, 0.15) is 11.1 Å². The van der Waals surface area contributed by atoms with Gasteiger partial charge in [-0.15, -0.1) is 0 Å². The third kappa shape index (κ3) is 3.25. The fourth-order valence-electron chi connectivity index (χ4n) is 2.52. The van der Waals surface area contributed by atoms with Crippen LogP contribution < -0.4 is 4.74 Å². The van der Waals surface area contributed by atoms with Gasteiger partial charge < -0.3 is 9.47 Å². The lowest BCUT2D eigenvalue weighted by Crippen LogP contribution is -2.27. The summed E-state index contributed by atoms with van der Waals surface area (Å²) in [6.45, 7) is 0.224. The summed E-state index contributed by atoms with van der Waals surface area (Å²) >= 11 is 5.99. The van der Waals surface area contributed by atoms with Gasteiger partial charge in [0.2, 0.25) is 10.0 Å². The molecule has 5 nitrogen and oxygen atoms in total. The molecule has 8 heteroatoms. The first-order chi connectivity index (χ1) is 11.4. The highest BCUT2D eigenvalue weighted by Gasteiger charge is 2.26. The number of fused-ring (bicyclic) bond motifs is 1. The van der Waals surface area contributed by atoms with Crippen LogP contribution in [0.3, 0.4) is 0 Å². The highest BCUT2D eigenvalue weighted by atomic mass is 35.5. The molecule has 24 heavy (non-hydrogen) atoms. The summed E-state index contributed by atoms with van der Waals surface area (Å²) in [5.41, 5.74) is 0.992. The molecule has 0 aromatic heterocycles. The zero-order chi connectivity index (χ0) is 17.3. The summed E-state index contributed by atoms with van der Waals surface area (Å²) in [5.74, 6) is -0.00903. The number of benzene rings is 2. The summed E-state index contributed by atoms with van der Waals surface area (Å²) in [4.78, 5) is 0.00342. The average Bonchev–Trinajstić information content (AvgIpc) is 2.54. The molecule has 0 spiro atoms. The molecule has 0 atom stereocenters. The molecule has 0 fully saturated rings. The van der Waals surface area contributed by atoms with Gasteiger partial charge in [-0.2, -0.15) is 4.31 Å². The van der Waals surface area contributed by atoms with Gasteiger partial charge in [0.1, 0.15) is 16.5 Å². The van der Waals surface area contributed by atoms with Crippen molar-refractivity contribution in [2.24, 2.45) is 0 Å². The molecule has 0 N–H and O–H groups in total. The van der Waals surface area contributed by atoms with Crippen molar-refractivity contribution in [3.05, 3.63) is 58.4 Å². The lowest BCUT2D eigenvalue weighted by molar-refractivity contribution is -0.0174. The smallest absolute Gasteiger partial charge is 0.244 e. The SMILES string of the molecule is CN(Cc1cc(F)cc2c1OCOC2)S(=O)(=O)c1ccccc1Cl. The molecule has 0 unspecified atom stereocenters.